The third kappa shape index (κ3) is 3.44. The first-order chi connectivity index (χ1) is 10.6. The van der Waals surface area contributed by atoms with E-state index in [-0.39, 0.29) is 5.97 Å². The Bertz CT molecular complexity index is 597. The molecule has 1 aliphatic heterocycles. The maximum Gasteiger partial charge on any atom is 0.495 e. The zero-order valence-corrected chi connectivity index (χ0v) is 15.8. The van der Waals surface area contributed by atoms with Crippen molar-refractivity contribution in [3.8, 4) is 0 Å². The Morgan fingerprint density at radius 1 is 1.22 bits per heavy atom. The van der Waals surface area contributed by atoms with Crippen LogP contribution in [0.25, 0.3) is 0 Å². The molecule has 126 valence electrons. The molecular formula is C17H25BO4S. The number of rotatable bonds is 4. The second kappa shape index (κ2) is 6.50. The van der Waals surface area contributed by atoms with Crippen molar-refractivity contribution in [2.45, 2.75) is 57.6 Å². The summed E-state index contributed by atoms with van der Waals surface area (Å²) in [6, 6.07) is 3.86. The van der Waals surface area contributed by atoms with Crippen LogP contribution in [0.4, 0.5) is 0 Å². The predicted octanol–water partition coefficient (Wildman–Crippen LogP) is 3.19. The summed E-state index contributed by atoms with van der Waals surface area (Å²) in [7, 11) is 0.811. The van der Waals surface area contributed by atoms with Gasteiger partial charge in [0.25, 0.3) is 0 Å². The highest BCUT2D eigenvalue weighted by Gasteiger charge is 2.52. The van der Waals surface area contributed by atoms with Gasteiger partial charge in [-0.25, -0.2) is 4.79 Å². The van der Waals surface area contributed by atoms with Crippen LogP contribution in [0.2, 0.25) is 0 Å². The molecule has 0 N–H and O–H groups in total. The first kappa shape index (κ1) is 18.4. The maximum atomic E-state index is 12.2. The van der Waals surface area contributed by atoms with Crippen molar-refractivity contribution in [3.05, 3.63) is 23.3 Å². The Balaban J connectivity index is 2.51. The molecule has 0 saturated carbocycles. The fraction of sp³-hybridized carbons (Fsp3) is 0.588. The summed E-state index contributed by atoms with van der Waals surface area (Å²) >= 11 is 1.74. The van der Waals surface area contributed by atoms with Crippen LogP contribution >= 0.6 is 11.8 Å². The molecule has 1 aromatic rings. The van der Waals surface area contributed by atoms with Crippen LogP contribution in [0.5, 0.6) is 0 Å². The summed E-state index contributed by atoms with van der Waals surface area (Å²) in [6.07, 6.45) is 0. The van der Waals surface area contributed by atoms with Crippen LogP contribution in [0.3, 0.4) is 0 Å². The van der Waals surface area contributed by atoms with Crippen LogP contribution < -0.4 is 5.46 Å². The number of carbonyl (C=O) groups excluding carboxylic acids is 1. The molecule has 0 amide bonds. The van der Waals surface area contributed by atoms with Gasteiger partial charge in [-0.05, 0) is 63.5 Å². The lowest BCUT2D eigenvalue weighted by Gasteiger charge is -2.32. The second-order valence-electron chi connectivity index (χ2n) is 6.72. The molecule has 1 fully saturated rings. The topological polar surface area (TPSA) is 44.8 Å². The van der Waals surface area contributed by atoms with Crippen LogP contribution in [0.1, 0.15) is 50.5 Å². The van der Waals surface area contributed by atoms with E-state index in [1.807, 2.05) is 46.8 Å². The van der Waals surface area contributed by atoms with Crippen LogP contribution in [-0.4, -0.2) is 37.2 Å². The number of benzene rings is 1. The van der Waals surface area contributed by atoms with Gasteiger partial charge >= 0.3 is 13.1 Å². The number of hydrogen-bond acceptors (Lipinski definition) is 5. The molecule has 0 aromatic heterocycles. The average Bonchev–Trinajstić information content (AvgIpc) is 2.68. The Morgan fingerprint density at radius 2 is 1.78 bits per heavy atom. The summed E-state index contributed by atoms with van der Waals surface area (Å²) in [5.74, 6) is 0.590. The Kier molecular flexibility index (Phi) is 5.19. The van der Waals surface area contributed by atoms with E-state index in [9.17, 15) is 4.79 Å². The van der Waals surface area contributed by atoms with E-state index in [4.69, 9.17) is 14.0 Å². The highest BCUT2D eigenvalue weighted by atomic mass is 32.2. The van der Waals surface area contributed by atoms with E-state index < -0.39 is 18.3 Å². The smallest absolute Gasteiger partial charge is 0.465 e. The van der Waals surface area contributed by atoms with Crippen molar-refractivity contribution in [2.75, 3.05) is 12.9 Å². The van der Waals surface area contributed by atoms with Crippen molar-refractivity contribution in [1.29, 1.82) is 0 Å². The van der Waals surface area contributed by atoms with Gasteiger partial charge in [0, 0.05) is 4.90 Å². The number of methoxy groups -OCH3 is 1. The zero-order valence-electron chi connectivity index (χ0n) is 15.0. The molecule has 4 nitrogen and oxygen atoms in total. The van der Waals surface area contributed by atoms with Crippen LogP contribution in [0.15, 0.2) is 17.0 Å². The summed E-state index contributed by atoms with van der Waals surface area (Å²) in [4.78, 5) is 13.3. The molecule has 1 aromatic carbocycles. The van der Waals surface area contributed by atoms with Crippen molar-refractivity contribution >= 4 is 30.3 Å². The van der Waals surface area contributed by atoms with Gasteiger partial charge in [-0.2, -0.15) is 0 Å². The van der Waals surface area contributed by atoms with E-state index in [0.717, 1.165) is 21.7 Å². The molecule has 1 heterocycles. The van der Waals surface area contributed by atoms with E-state index in [1.54, 1.807) is 11.8 Å². The molecule has 6 heteroatoms. The third-order valence-corrected chi connectivity index (χ3v) is 5.60. The minimum atomic E-state index is -0.578. The fourth-order valence-corrected chi connectivity index (χ4v) is 3.27. The minimum Gasteiger partial charge on any atom is -0.465 e. The normalized spacial score (nSPS) is 19.0. The number of esters is 1. The maximum absolute atomic E-state index is 12.2. The summed E-state index contributed by atoms with van der Waals surface area (Å²) < 4.78 is 17.2. The average molecular weight is 336 g/mol. The summed E-state index contributed by atoms with van der Waals surface area (Å²) in [5.41, 5.74) is 1.39. The minimum absolute atomic E-state index is 0.370. The lowest BCUT2D eigenvalue weighted by molar-refractivity contribution is 0.00578. The Morgan fingerprint density at radius 3 is 2.26 bits per heavy atom. The molecule has 23 heavy (non-hydrogen) atoms. The van der Waals surface area contributed by atoms with Crippen molar-refractivity contribution < 1.29 is 18.8 Å². The first-order valence-electron chi connectivity index (χ1n) is 7.84. The van der Waals surface area contributed by atoms with Gasteiger partial charge in [-0.3, -0.25) is 0 Å². The molecule has 0 spiro atoms. The number of aryl methyl sites for hydroxylation is 1. The van der Waals surface area contributed by atoms with E-state index in [2.05, 4.69) is 6.92 Å². The van der Waals surface area contributed by atoms with Gasteiger partial charge in [0.2, 0.25) is 0 Å². The largest absolute Gasteiger partial charge is 0.495 e. The summed E-state index contributed by atoms with van der Waals surface area (Å²) in [6.45, 7) is 12.1. The quantitative estimate of drug-likeness (QED) is 0.480. The highest BCUT2D eigenvalue weighted by molar-refractivity contribution is 7.99. The molecule has 0 unspecified atom stereocenters. The van der Waals surface area contributed by atoms with Gasteiger partial charge in [0.15, 0.2) is 0 Å². The molecule has 1 saturated heterocycles. The molecule has 2 rings (SSSR count). The molecule has 0 aliphatic carbocycles. The Hall–Kier alpha value is -0.975. The number of hydrogen-bond donors (Lipinski definition) is 0. The van der Waals surface area contributed by atoms with Crippen molar-refractivity contribution in [2.24, 2.45) is 0 Å². The molecule has 0 bridgehead atoms. The van der Waals surface area contributed by atoms with Gasteiger partial charge in [-0.15, -0.1) is 11.8 Å². The highest BCUT2D eigenvalue weighted by Crippen LogP contribution is 2.37. The van der Waals surface area contributed by atoms with Gasteiger partial charge in [-0.1, -0.05) is 6.92 Å². The molecule has 1 aliphatic rings. The second-order valence-corrected chi connectivity index (χ2v) is 8.02. The number of ether oxygens (including phenoxy) is 1. The SMILES string of the molecule is CCSc1cc(B2OC(C)(C)C(C)(C)O2)c(C(=O)OC)cc1C. The number of thioether (sulfide) groups is 1. The van der Waals surface area contributed by atoms with Gasteiger partial charge < -0.3 is 14.0 Å². The fourth-order valence-electron chi connectivity index (χ4n) is 2.47. The predicted molar refractivity (Wildman–Crippen MR) is 94.6 cm³/mol. The molecular weight excluding hydrogens is 311 g/mol. The molecule has 0 radical (unpaired) electrons. The lowest BCUT2D eigenvalue weighted by atomic mass is 9.75. The first-order valence-corrected chi connectivity index (χ1v) is 8.83. The lowest BCUT2D eigenvalue weighted by Crippen LogP contribution is -2.41. The van der Waals surface area contributed by atoms with Crippen LogP contribution in [-0.2, 0) is 14.0 Å². The summed E-state index contributed by atoms with van der Waals surface area (Å²) in [5, 5.41) is 0. The van der Waals surface area contributed by atoms with Gasteiger partial charge in [0.05, 0.1) is 23.9 Å². The van der Waals surface area contributed by atoms with E-state index in [1.165, 1.54) is 7.11 Å². The molecule has 0 atom stereocenters. The van der Waals surface area contributed by atoms with E-state index >= 15 is 0 Å². The standard InChI is InChI=1S/C17H25BO4S/c1-8-23-14-10-13(12(9-11(14)2)15(19)20-7)18-21-16(3,4)17(5,6)22-18/h9-10H,8H2,1-7H3. The monoisotopic (exact) mass is 336 g/mol. The van der Waals surface area contributed by atoms with Crippen LogP contribution in [0, 0.1) is 6.92 Å². The third-order valence-electron chi connectivity index (χ3n) is 4.56. The zero-order chi connectivity index (χ0) is 17.4. The van der Waals surface area contributed by atoms with Gasteiger partial charge in [0.1, 0.15) is 0 Å². The Labute approximate surface area is 143 Å². The number of carbonyl (C=O) groups is 1. The van der Waals surface area contributed by atoms with Crippen molar-refractivity contribution in [3.63, 3.8) is 0 Å². The van der Waals surface area contributed by atoms with Crippen molar-refractivity contribution in [1.82, 2.24) is 0 Å². The van der Waals surface area contributed by atoms with E-state index in [0.29, 0.717) is 5.56 Å².